The van der Waals surface area contributed by atoms with E-state index >= 15 is 0 Å². The van der Waals surface area contributed by atoms with Crippen LogP contribution in [0.1, 0.15) is 23.1 Å². The number of rotatable bonds is 3. The van der Waals surface area contributed by atoms with Crippen LogP contribution in [0.2, 0.25) is 0 Å². The molecule has 2 aliphatic carbocycles. The smallest absolute Gasteiger partial charge is 0.307 e. The molecule has 156 valence electrons. The zero-order chi connectivity index (χ0) is 21.4. The second kappa shape index (κ2) is 8.11. The van der Waals surface area contributed by atoms with Crippen LogP contribution in [0, 0.1) is 38.5 Å². The maximum Gasteiger partial charge on any atom is 0.307 e. The summed E-state index contributed by atoms with van der Waals surface area (Å²) < 4.78 is 0. The number of hydroxylamine groups is 2. The number of benzene rings is 2. The largest absolute Gasteiger partial charge is 0.481 e. The van der Waals surface area contributed by atoms with E-state index in [-0.39, 0.29) is 11.8 Å². The molecule has 30 heavy (non-hydrogen) atoms. The monoisotopic (exact) mass is 403 g/mol. The number of hydrogen-bond acceptors (Lipinski definition) is 3. The number of aryl methyl sites for hydroxylation is 3. The molecule has 2 aromatic rings. The molecule has 5 rings (SSSR count). The molecule has 1 N–H and O–H groups in total. The normalized spacial score (nSPS) is 23.5. The summed E-state index contributed by atoms with van der Waals surface area (Å²) in [7, 11) is 1.63. The molecular weight excluding hydrogens is 374 g/mol. The standard InChI is InChI=1S/C15H16.C11H13NO3/c1-11-7-4-5-10-14(11)15-12(2)8-6-9-13(15)3;1-15-12-3-2-6-4-7-9(8(6)5-12)10(7)11(13)14/h4-10H,1-3H3;2-3,7,9-10H,4-5H2,1H3,(H,13,14). The Balaban J connectivity index is 0.000000145. The van der Waals surface area contributed by atoms with Gasteiger partial charge >= 0.3 is 5.97 Å². The van der Waals surface area contributed by atoms with Crippen LogP contribution in [-0.4, -0.2) is 29.8 Å². The van der Waals surface area contributed by atoms with E-state index in [0.717, 1.165) is 13.0 Å². The highest BCUT2D eigenvalue weighted by Gasteiger charge is 2.60. The summed E-state index contributed by atoms with van der Waals surface area (Å²) >= 11 is 0. The van der Waals surface area contributed by atoms with Crippen LogP contribution >= 0.6 is 0 Å². The summed E-state index contributed by atoms with van der Waals surface area (Å²) in [6.45, 7) is 7.25. The molecule has 0 aromatic heterocycles. The molecular formula is C26H29NO3. The molecule has 0 radical (unpaired) electrons. The number of aliphatic carboxylic acids is 1. The van der Waals surface area contributed by atoms with Crippen LogP contribution in [-0.2, 0) is 9.63 Å². The molecule has 0 spiro atoms. The Bertz CT molecular complexity index is 1020. The predicted octanol–water partition coefficient (Wildman–Crippen LogP) is 5.30. The molecule has 3 unspecified atom stereocenters. The van der Waals surface area contributed by atoms with Crippen LogP contribution < -0.4 is 0 Å². The minimum Gasteiger partial charge on any atom is -0.481 e. The van der Waals surface area contributed by atoms with Gasteiger partial charge in [-0.1, -0.05) is 42.5 Å². The van der Waals surface area contributed by atoms with Gasteiger partial charge in [0.05, 0.1) is 19.6 Å². The molecule has 0 bridgehead atoms. The SMILES string of the molecule is CON1C=CC2=C(C1)C1C(C2)C1C(=O)O.Cc1ccccc1-c1c(C)cccc1C. The first-order valence-corrected chi connectivity index (χ1v) is 10.5. The van der Waals surface area contributed by atoms with Gasteiger partial charge in [0.2, 0.25) is 0 Å². The summed E-state index contributed by atoms with van der Waals surface area (Å²) in [6.07, 6.45) is 4.90. The molecule has 0 amide bonds. The fourth-order valence-corrected chi connectivity index (χ4v) is 5.03. The Hall–Kier alpha value is -2.85. The fraction of sp³-hybridized carbons (Fsp3) is 0.346. The topological polar surface area (TPSA) is 49.8 Å². The number of fused-ring (bicyclic) bond motifs is 2. The third kappa shape index (κ3) is 3.68. The highest BCUT2D eigenvalue weighted by atomic mass is 16.7. The molecule has 1 fully saturated rings. The Morgan fingerprint density at radius 3 is 2.33 bits per heavy atom. The van der Waals surface area contributed by atoms with Crippen molar-refractivity contribution in [1.29, 1.82) is 0 Å². The first kappa shape index (κ1) is 20.4. The summed E-state index contributed by atoms with van der Waals surface area (Å²) in [6, 6.07) is 15.0. The number of hydrogen-bond donors (Lipinski definition) is 1. The van der Waals surface area contributed by atoms with E-state index < -0.39 is 5.97 Å². The van der Waals surface area contributed by atoms with Gasteiger partial charge in [-0.3, -0.25) is 14.7 Å². The molecule has 1 aliphatic heterocycles. The average molecular weight is 404 g/mol. The number of carbonyl (C=O) groups is 1. The van der Waals surface area contributed by atoms with Crippen molar-refractivity contribution in [2.75, 3.05) is 13.7 Å². The van der Waals surface area contributed by atoms with Crippen molar-refractivity contribution in [2.45, 2.75) is 27.2 Å². The van der Waals surface area contributed by atoms with Crippen molar-refractivity contribution in [3.05, 3.63) is 82.6 Å². The lowest BCUT2D eigenvalue weighted by Gasteiger charge is -2.23. The van der Waals surface area contributed by atoms with Gasteiger partial charge < -0.3 is 5.11 Å². The zero-order valence-electron chi connectivity index (χ0n) is 18.1. The first-order chi connectivity index (χ1) is 14.4. The van der Waals surface area contributed by atoms with Crippen molar-refractivity contribution in [3.63, 3.8) is 0 Å². The number of nitrogens with zero attached hydrogens (tertiary/aromatic N) is 1. The third-order valence-corrected chi connectivity index (χ3v) is 6.62. The Morgan fingerprint density at radius 2 is 1.70 bits per heavy atom. The van der Waals surface area contributed by atoms with E-state index in [4.69, 9.17) is 9.94 Å². The van der Waals surface area contributed by atoms with Gasteiger partial charge in [-0.2, -0.15) is 0 Å². The third-order valence-electron chi connectivity index (χ3n) is 6.62. The van der Waals surface area contributed by atoms with Gasteiger partial charge in [-0.15, -0.1) is 0 Å². The molecule has 1 heterocycles. The number of carboxylic acid groups (broad SMARTS) is 1. The molecule has 4 heteroatoms. The lowest BCUT2D eigenvalue weighted by Crippen LogP contribution is -2.23. The maximum absolute atomic E-state index is 10.9. The van der Waals surface area contributed by atoms with Gasteiger partial charge in [0, 0.05) is 6.20 Å². The molecule has 2 aromatic carbocycles. The van der Waals surface area contributed by atoms with Gasteiger partial charge in [0.25, 0.3) is 0 Å². The quantitative estimate of drug-likeness (QED) is 0.755. The highest BCUT2D eigenvalue weighted by Crippen LogP contribution is 2.61. The predicted molar refractivity (Wildman–Crippen MR) is 119 cm³/mol. The van der Waals surface area contributed by atoms with Crippen LogP contribution in [0.5, 0.6) is 0 Å². The first-order valence-electron chi connectivity index (χ1n) is 10.5. The number of allylic oxidation sites excluding steroid dienone is 2. The Labute approximate surface area is 178 Å². The molecule has 0 saturated heterocycles. The van der Waals surface area contributed by atoms with Crippen LogP contribution in [0.4, 0.5) is 0 Å². The van der Waals surface area contributed by atoms with Crippen LogP contribution in [0.3, 0.4) is 0 Å². The molecule has 4 nitrogen and oxygen atoms in total. The van der Waals surface area contributed by atoms with Gasteiger partial charge in [-0.25, -0.2) is 0 Å². The van der Waals surface area contributed by atoms with Gasteiger partial charge in [0.1, 0.15) is 0 Å². The van der Waals surface area contributed by atoms with Crippen molar-refractivity contribution in [2.24, 2.45) is 17.8 Å². The number of carboxylic acids is 1. The summed E-state index contributed by atoms with van der Waals surface area (Å²) in [4.78, 5) is 16.0. The van der Waals surface area contributed by atoms with E-state index in [0.29, 0.717) is 5.92 Å². The fourth-order valence-electron chi connectivity index (χ4n) is 5.03. The van der Waals surface area contributed by atoms with E-state index in [9.17, 15) is 4.79 Å². The lowest BCUT2D eigenvalue weighted by atomic mass is 9.93. The Morgan fingerprint density at radius 1 is 1.03 bits per heavy atom. The molecule has 3 atom stereocenters. The summed E-state index contributed by atoms with van der Waals surface area (Å²) in [5.74, 6) is -0.141. The highest BCUT2D eigenvalue weighted by molar-refractivity contribution is 5.77. The van der Waals surface area contributed by atoms with Crippen molar-refractivity contribution < 1.29 is 14.7 Å². The molecule has 3 aliphatic rings. The van der Waals surface area contributed by atoms with Crippen molar-refractivity contribution in [3.8, 4) is 11.1 Å². The maximum atomic E-state index is 10.9. The minimum absolute atomic E-state index is 0.131. The van der Waals surface area contributed by atoms with Gasteiger partial charge in [-0.05, 0) is 84.1 Å². The van der Waals surface area contributed by atoms with Crippen molar-refractivity contribution >= 4 is 5.97 Å². The molecule has 1 saturated carbocycles. The second-order valence-corrected chi connectivity index (χ2v) is 8.46. The van der Waals surface area contributed by atoms with E-state index in [1.54, 1.807) is 12.2 Å². The van der Waals surface area contributed by atoms with E-state index in [2.05, 4.69) is 63.2 Å². The van der Waals surface area contributed by atoms with Crippen molar-refractivity contribution in [1.82, 2.24) is 5.06 Å². The van der Waals surface area contributed by atoms with Crippen LogP contribution in [0.25, 0.3) is 11.1 Å². The Kier molecular flexibility index (Phi) is 5.52. The van der Waals surface area contributed by atoms with Crippen LogP contribution in [0.15, 0.2) is 65.9 Å². The second-order valence-electron chi connectivity index (χ2n) is 8.46. The van der Waals surface area contributed by atoms with E-state index in [1.165, 1.54) is 39.0 Å². The van der Waals surface area contributed by atoms with Gasteiger partial charge in [0.15, 0.2) is 0 Å². The van der Waals surface area contributed by atoms with E-state index in [1.807, 2.05) is 12.3 Å². The summed E-state index contributed by atoms with van der Waals surface area (Å²) in [5.41, 5.74) is 9.39. The summed E-state index contributed by atoms with van der Waals surface area (Å²) in [5, 5.41) is 10.7. The minimum atomic E-state index is -0.643. The zero-order valence-corrected chi connectivity index (χ0v) is 18.1. The average Bonchev–Trinajstić information content (AvgIpc) is 3.33. The lowest BCUT2D eigenvalue weighted by molar-refractivity contribution is -0.139.